The molecule has 1 rings (SSSR count). The Morgan fingerprint density at radius 3 is 2.64 bits per heavy atom. The van der Waals surface area contributed by atoms with Crippen LogP contribution in [-0.2, 0) is 11.2 Å². The Morgan fingerprint density at radius 1 is 1.50 bits per heavy atom. The zero-order valence-electron chi connectivity index (χ0n) is 6.94. The van der Waals surface area contributed by atoms with Gasteiger partial charge in [-0.3, -0.25) is 14.9 Å². The van der Waals surface area contributed by atoms with Crippen molar-refractivity contribution in [2.45, 2.75) is 6.42 Å². The third-order valence-corrected chi connectivity index (χ3v) is 2.13. The first kappa shape index (κ1) is 10.9. The lowest BCUT2D eigenvalue weighted by molar-refractivity contribution is -0.385. The monoisotopic (exact) mass is 307 g/mol. The molecule has 0 spiro atoms. The molecule has 0 radical (unpaired) electrons. The maximum Gasteiger partial charge on any atom is 0.307 e. The molecule has 14 heavy (non-hydrogen) atoms. The molecule has 0 saturated carbocycles. The molecule has 1 N–H and O–H groups in total. The Bertz CT molecular complexity index is 391. The van der Waals surface area contributed by atoms with Crippen molar-refractivity contribution in [1.29, 1.82) is 0 Å². The highest BCUT2D eigenvalue weighted by Gasteiger charge is 2.10. The van der Waals surface area contributed by atoms with E-state index in [9.17, 15) is 14.9 Å². The first-order valence-electron chi connectivity index (χ1n) is 3.64. The van der Waals surface area contributed by atoms with E-state index >= 15 is 0 Å². The summed E-state index contributed by atoms with van der Waals surface area (Å²) in [6.45, 7) is 0. The number of nitrogens with zero attached hydrogens (tertiary/aromatic N) is 1. The highest BCUT2D eigenvalue weighted by molar-refractivity contribution is 14.1. The van der Waals surface area contributed by atoms with E-state index in [1.165, 1.54) is 12.1 Å². The molecule has 0 unspecified atom stereocenters. The van der Waals surface area contributed by atoms with Gasteiger partial charge in [-0.05, 0) is 34.2 Å². The van der Waals surface area contributed by atoms with Gasteiger partial charge in [-0.25, -0.2) is 0 Å². The van der Waals surface area contributed by atoms with Crippen LogP contribution in [0.5, 0.6) is 0 Å². The van der Waals surface area contributed by atoms with Crippen LogP contribution in [0, 0.1) is 13.7 Å². The van der Waals surface area contributed by atoms with E-state index in [0.29, 0.717) is 9.13 Å². The molecule has 0 fully saturated rings. The van der Waals surface area contributed by atoms with Crippen molar-refractivity contribution in [3.8, 4) is 0 Å². The van der Waals surface area contributed by atoms with Gasteiger partial charge in [0.05, 0.1) is 11.3 Å². The van der Waals surface area contributed by atoms with Crippen molar-refractivity contribution >= 4 is 34.2 Å². The predicted octanol–water partition coefficient (Wildman–Crippen LogP) is 1.83. The maximum absolute atomic E-state index is 10.4. The summed E-state index contributed by atoms with van der Waals surface area (Å²) in [5.41, 5.74) is 0.365. The Labute approximate surface area is 93.0 Å². The predicted molar refractivity (Wildman–Crippen MR) is 57.2 cm³/mol. The normalized spacial score (nSPS) is 9.79. The lowest BCUT2D eigenvalue weighted by atomic mass is 10.1. The molecular weight excluding hydrogens is 301 g/mol. The number of rotatable bonds is 3. The number of carboxylic acid groups (broad SMARTS) is 1. The Kier molecular flexibility index (Phi) is 3.39. The fourth-order valence-corrected chi connectivity index (χ4v) is 1.73. The summed E-state index contributed by atoms with van der Waals surface area (Å²) in [5, 5.41) is 19.0. The molecule has 0 aliphatic rings. The zero-order chi connectivity index (χ0) is 10.7. The molecule has 0 heterocycles. The number of halogens is 1. The number of non-ortho nitro benzene ring substituents is 1. The Balaban J connectivity index is 3.07. The van der Waals surface area contributed by atoms with Gasteiger partial charge in [0.25, 0.3) is 5.69 Å². The molecule has 0 aromatic heterocycles. The van der Waals surface area contributed by atoms with Crippen LogP contribution < -0.4 is 0 Å². The van der Waals surface area contributed by atoms with E-state index in [0.717, 1.165) is 0 Å². The maximum atomic E-state index is 10.4. The van der Waals surface area contributed by atoms with Crippen LogP contribution in [-0.4, -0.2) is 16.0 Å². The van der Waals surface area contributed by atoms with Gasteiger partial charge in [0.1, 0.15) is 0 Å². The minimum Gasteiger partial charge on any atom is -0.481 e. The molecule has 6 heteroatoms. The van der Waals surface area contributed by atoms with Crippen LogP contribution in [0.4, 0.5) is 5.69 Å². The first-order chi connectivity index (χ1) is 6.49. The molecular formula is C8H6INO4. The standard InChI is InChI=1S/C8H6INO4/c9-6-1-5(3-8(11)12)2-7(4-6)10(13)14/h1-2,4H,3H2,(H,11,12). The number of aliphatic carboxylic acids is 1. The minimum absolute atomic E-state index is 0.0758. The topological polar surface area (TPSA) is 80.4 Å². The second-order valence-corrected chi connectivity index (χ2v) is 3.89. The van der Waals surface area contributed by atoms with E-state index < -0.39 is 10.9 Å². The zero-order valence-corrected chi connectivity index (χ0v) is 9.09. The summed E-state index contributed by atoms with van der Waals surface area (Å²) in [4.78, 5) is 20.3. The van der Waals surface area contributed by atoms with Crippen molar-refractivity contribution < 1.29 is 14.8 Å². The minimum atomic E-state index is -0.999. The fraction of sp³-hybridized carbons (Fsp3) is 0.125. The van der Waals surface area contributed by atoms with Gasteiger partial charge in [0.15, 0.2) is 0 Å². The molecule has 0 atom stereocenters. The van der Waals surface area contributed by atoms with Gasteiger partial charge in [0.2, 0.25) is 0 Å². The number of carbonyl (C=O) groups is 1. The van der Waals surface area contributed by atoms with Crippen LogP contribution in [0.25, 0.3) is 0 Å². The molecule has 74 valence electrons. The highest BCUT2D eigenvalue weighted by Crippen LogP contribution is 2.18. The van der Waals surface area contributed by atoms with Crippen LogP contribution in [0.15, 0.2) is 18.2 Å². The summed E-state index contributed by atoms with van der Waals surface area (Å²) < 4.78 is 0.660. The lowest BCUT2D eigenvalue weighted by Gasteiger charge is -1.98. The van der Waals surface area contributed by atoms with Gasteiger partial charge in [-0.15, -0.1) is 0 Å². The van der Waals surface area contributed by atoms with Crippen LogP contribution >= 0.6 is 22.6 Å². The number of hydrogen-bond acceptors (Lipinski definition) is 3. The molecule has 0 bridgehead atoms. The number of benzene rings is 1. The molecule has 1 aromatic rings. The Hall–Kier alpha value is -1.18. The van der Waals surface area contributed by atoms with E-state index in [-0.39, 0.29) is 12.1 Å². The van der Waals surface area contributed by atoms with Crippen LogP contribution in [0.2, 0.25) is 0 Å². The largest absolute Gasteiger partial charge is 0.481 e. The van der Waals surface area contributed by atoms with E-state index in [1.807, 2.05) is 22.6 Å². The summed E-state index contributed by atoms with van der Waals surface area (Å²) in [7, 11) is 0. The second kappa shape index (κ2) is 4.36. The van der Waals surface area contributed by atoms with Gasteiger partial charge in [-0.1, -0.05) is 0 Å². The number of nitro benzene ring substituents is 1. The molecule has 1 aromatic carbocycles. The average molecular weight is 307 g/mol. The van der Waals surface area contributed by atoms with Crippen molar-refractivity contribution in [3.05, 3.63) is 37.4 Å². The van der Waals surface area contributed by atoms with Gasteiger partial charge >= 0.3 is 5.97 Å². The second-order valence-electron chi connectivity index (χ2n) is 2.65. The molecule has 0 aliphatic heterocycles. The molecule has 0 aliphatic carbocycles. The van der Waals surface area contributed by atoms with Crippen LogP contribution in [0.1, 0.15) is 5.56 Å². The van der Waals surface area contributed by atoms with Crippen molar-refractivity contribution in [3.63, 3.8) is 0 Å². The van der Waals surface area contributed by atoms with Crippen molar-refractivity contribution in [2.75, 3.05) is 0 Å². The van der Waals surface area contributed by atoms with Gasteiger partial charge in [0, 0.05) is 15.7 Å². The summed E-state index contributed by atoms with van der Waals surface area (Å²) in [6, 6.07) is 4.28. The lowest BCUT2D eigenvalue weighted by Crippen LogP contribution is -2.01. The highest BCUT2D eigenvalue weighted by atomic mass is 127. The molecule has 5 nitrogen and oxygen atoms in total. The van der Waals surface area contributed by atoms with Crippen molar-refractivity contribution in [1.82, 2.24) is 0 Å². The number of carboxylic acids is 1. The average Bonchev–Trinajstić information content (AvgIpc) is 2.01. The van der Waals surface area contributed by atoms with Crippen molar-refractivity contribution in [2.24, 2.45) is 0 Å². The fourth-order valence-electron chi connectivity index (χ4n) is 1.02. The first-order valence-corrected chi connectivity index (χ1v) is 4.72. The SMILES string of the molecule is O=C(O)Cc1cc(I)cc([N+](=O)[O-])c1. The van der Waals surface area contributed by atoms with E-state index in [4.69, 9.17) is 5.11 Å². The van der Waals surface area contributed by atoms with E-state index in [2.05, 4.69) is 0 Å². The number of hydrogen-bond donors (Lipinski definition) is 1. The van der Waals surface area contributed by atoms with Gasteiger partial charge in [-0.2, -0.15) is 0 Å². The third kappa shape index (κ3) is 2.95. The quantitative estimate of drug-likeness (QED) is 0.525. The van der Waals surface area contributed by atoms with E-state index in [1.54, 1.807) is 6.07 Å². The Morgan fingerprint density at radius 2 is 2.14 bits per heavy atom. The van der Waals surface area contributed by atoms with Crippen LogP contribution in [0.3, 0.4) is 0 Å². The molecule has 0 amide bonds. The summed E-state index contributed by atoms with van der Waals surface area (Å²) in [6.07, 6.45) is -0.197. The van der Waals surface area contributed by atoms with Gasteiger partial charge < -0.3 is 5.11 Å². The smallest absolute Gasteiger partial charge is 0.307 e. The third-order valence-electron chi connectivity index (χ3n) is 1.51. The molecule has 0 saturated heterocycles. The summed E-state index contributed by atoms with van der Waals surface area (Å²) in [5.74, 6) is -0.999. The number of nitro groups is 1. The summed E-state index contributed by atoms with van der Waals surface area (Å²) >= 11 is 1.91.